The van der Waals surface area contributed by atoms with Crippen molar-refractivity contribution < 1.29 is 13.9 Å². The normalized spacial score (nSPS) is 15.8. The highest BCUT2D eigenvalue weighted by atomic mass is 32.1. The third-order valence-electron chi connectivity index (χ3n) is 5.48. The van der Waals surface area contributed by atoms with Crippen LogP contribution in [0.3, 0.4) is 0 Å². The number of benzene rings is 1. The van der Waals surface area contributed by atoms with Gasteiger partial charge >= 0.3 is 5.91 Å². The van der Waals surface area contributed by atoms with Gasteiger partial charge in [0.15, 0.2) is 11.5 Å². The van der Waals surface area contributed by atoms with Crippen LogP contribution < -0.4 is 20.5 Å². The molecule has 2 aromatic heterocycles. The summed E-state index contributed by atoms with van der Waals surface area (Å²) in [4.78, 5) is 29.0. The molecule has 0 unspecified atom stereocenters. The van der Waals surface area contributed by atoms with Gasteiger partial charge in [0.1, 0.15) is 4.70 Å². The molecule has 1 fully saturated rings. The summed E-state index contributed by atoms with van der Waals surface area (Å²) < 4.78 is 12.2. The molecule has 3 aromatic rings. The van der Waals surface area contributed by atoms with Crippen LogP contribution in [0.2, 0.25) is 0 Å². The molecule has 4 heterocycles. The first-order valence-electron chi connectivity index (χ1n) is 10.2. The van der Waals surface area contributed by atoms with E-state index < -0.39 is 0 Å². The molecule has 1 amide bonds. The number of carbonyl (C=O) groups is 1. The maximum atomic E-state index is 12.7. The second-order valence-electron chi connectivity index (χ2n) is 7.35. The fourth-order valence-corrected chi connectivity index (χ4v) is 4.86. The minimum atomic E-state index is -0.223. The lowest BCUT2D eigenvalue weighted by molar-refractivity contribution is -0.113. The standard InChI is InChI=1S/C23H21N3O4S/c1-2-3-20(28)26-7-6-24-17-5-4-15(12-18(17)26)16-14-31-23-19(27)13-21(30-22(16)23)25-8-10-29-11-9-25/h4-5,12-14,24H,6-11H2,1H3. The Morgan fingerprint density at radius 3 is 2.84 bits per heavy atom. The quantitative estimate of drug-likeness (QED) is 0.624. The fraction of sp³-hybridized carbons (Fsp3) is 0.304. The monoisotopic (exact) mass is 435 g/mol. The number of hydrogen-bond donors (Lipinski definition) is 1. The van der Waals surface area contributed by atoms with Crippen molar-refractivity contribution in [2.24, 2.45) is 0 Å². The lowest BCUT2D eigenvalue weighted by Gasteiger charge is -2.29. The number of anilines is 3. The number of nitrogens with one attached hydrogen (secondary N) is 1. The first kappa shape index (κ1) is 19.7. The fourth-order valence-electron chi connectivity index (χ4n) is 3.95. The molecule has 1 N–H and O–H groups in total. The van der Waals surface area contributed by atoms with Crippen molar-refractivity contribution in [2.75, 3.05) is 54.5 Å². The van der Waals surface area contributed by atoms with E-state index in [0.717, 1.165) is 22.5 Å². The topological polar surface area (TPSA) is 75.0 Å². The Labute approximate surface area is 183 Å². The number of nitrogens with zero attached hydrogens (tertiary/aromatic N) is 2. The van der Waals surface area contributed by atoms with Gasteiger partial charge < -0.3 is 19.4 Å². The molecule has 31 heavy (non-hydrogen) atoms. The van der Waals surface area contributed by atoms with Gasteiger partial charge in [-0.3, -0.25) is 14.5 Å². The third kappa shape index (κ3) is 3.56. The second-order valence-corrected chi connectivity index (χ2v) is 8.23. The van der Waals surface area contributed by atoms with Crippen LogP contribution in [-0.2, 0) is 9.53 Å². The summed E-state index contributed by atoms with van der Waals surface area (Å²) >= 11 is 1.38. The van der Waals surface area contributed by atoms with E-state index in [4.69, 9.17) is 9.15 Å². The van der Waals surface area contributed by atoms with Gasteiger partial charge in [-0.2, -0.15) is 0 Å². The van der Waals surface area contributed by atoms with E-state index >= 15 is 0 Å². The molecule has 1 saturated heterocycles. The minimum absolute atomic E-state index is 0.0476. The highest BCUT2D eigenvalue weighted by Gasteiger charge is 2.23. The smallest absolute Gasteiger partial charge is 0.303 e. The van der Waals surface area contributed by atoms with Crippen LogP contribution in [0, 0.1) is 11.8 Å². The molecule has 0 atom stereocenters. The Kier molecular flexibility index (Phi) is 5.14. The molecule has 0 saturated carbocycles. The van der Waals surface area contributed by atoms with Crippen LogP contribution in [0.4, 0.5) is 17.3 Å². The number of thiophene rings is 1. The average Bonchev–Trinajstić information content (AvgIpc) is 3.24. The summed E-state index contributed by atoms with van der Waals surface area (Å²) in [6.45, 7) is 5.47. The second kappa shape index (κ2) is 8.10. The Morgan fingerprint density at radius 1 is 1.19 bits per heavy atom. The number of amides is 1. The molecule has 2 aliphatic heterocycles. The van der Waals surface area contributed by atoms with Gasteiger partial charge in [-0.1, -0.05) is 12.0 Å². The van der Waals surface area contributed by atoms with Crippen molar-refractivity contribution >= 4 is 44.8 Å². The largest absolute Gasteiger partial charge is 0.439 e. The summed E-state index contributed by atoms with van der Waals surface area (Å²) in [7, 11) is 0. The van der Waals surface area contributed by atoms with Crippen LogP contribution in [-0.4, -0.2) is 45.3 Å². The van der Waals surface area contributed by atoms with Crippen LogP contribution in [0.1, 0.15) is 6.92 Å². The molecule has 0 radical (unpaired) electrons. The number of ether oxygens (including phenoxy) is 1. The maximum absolute atomic E-state index is 12.7. The van der Waals surface area contributed by atoms with Crippen LogP contribution in [0.15, 0.2) is 38.9 Å². The number of carbonyl (C=O) groups excluding carboxylic acids is 1. The summed E-state index contributed by atoms with van der Waals surface area (Å²) in [5.74, 6) is 5.65. The Hall–Kier alpha value is -3.28. The zero-order valence-electron chi connectivity index (χ0n) is 17.1. The maximum Gasteiger partial charge on any atom is 0.303 e. The van der Waals surface area contributed by atoms with Crippen LogP contribution >= 0.6 is 11.3 Å². The molecule has 0 aliphatic carbocycles. The number of morpholine rings is 1. The summed E-state index contributed by atoms with van der Waals surface area (Å²) in [5, 5.41) is 5.27. The van der Waals surface area contributed by atoms with Gasteiger partial charge in [0, 0.05) is 43.2 Å². The summed E-state index contributed by atoms with van der Waals surface area (Å²) in [6, 6.07) is 7.46. The molecular weight excluding hydrogens is 414 g/mol. The molecule has 8 heteroatoms. The lowest BCUT2D eigenvalue weighted by atomic mass is 10.0. The van der Waals surface area contributed by atoms with Crippen molar-refractivity contribution in [3.05, 3.63) is 39.9 Å². The van der Waals surface area contributed by atoms with E-state index in [-0.39, 0.29) is 11.3 Å². The van der Waals surface area contributed by atoms with E-state index in [1.807, 2.05) is 28.5 Å². The van der Waals surface area contributed by atoms with Crippen LogP contribution in [0.5, 0.6) is 0 Å². The molecule has 2 aliphatic rings. The first-order valence-corrected chi connectivity index (χ1v) is 11.0. The van der Waals surface area contributed by atoms with Gasteiger partial charge in [0.05, 0.1) is 24.6 Å². The highest BCUT2D eigenvalue weighted by molar-refractivity contribution is 7.17. The van der Waals surface area contributed by atoms with Gasteiger partial charge in [-0.05, 0) is 30.5 Å². The molecule has 158 valence electrons. The number of fused-ring (bicyclic) bond motifs is 2. The van der Waals surface area contributed by atoms with E-state index in [9.17, 15) is 9.59 Å². The van der Waals surface area contributed by atoms with Crippen molar-refractivity contribution in [1.29, 1.82) is 0 Å². The minimum Gasteiger partial charge on any atom is -0.439 e. The third-order valence-corrected chi connectivity index (χ3v) is 6.46. The molecule has 0 bridgehead atoms. The molecular formula is C23H21N3O4S. The lowest BCUT2D eigenvalue weighted by Crippen LogP contribution is -2.38. The molecule has 5 rings (SSSR count). The SMILES string of the molecule is CC#CC(=O)N1CCNc2ccc(-c3csc4c(=O)cc(N5CCOCC5)oc34)cc21. The Balaban J connectivity index is 1.60. The van der Waals surface area contributed by atoms with Crippen molar-refractivity contribution in [2.45, 2.75) is 6.92 Å². The predicted octanol–water partition coefficient (Wildman–Crippen LogP) is 3.14. The first-order chi connectivity index (χ1) is 15.2. The zero-order valence-corrected chi connectivity index (χ0v) is 17.9. The van der Waals surface area contributed by atoms with E-state index in [0.29, 0.717) is 55.6 Å². The summed E-state index contributed by atoms with van der Waals surface area (Å²) in [6.07, 6.45) is 0. The van der Waals surface area contributed by atoms with Gasteiger partial charge in [-0.15, -0.1) is 11.3 Å². The van der Waals surface area contributed by atoms with E-state index in [1.54, 1.807) is 17.9 Å². The molecule has 0 spiro atoms. The van der Waals surface area contributed by atoms with Crippen molar-refractivity contribution in [3.63, 3.8) is 0 Å². The average molecular weight is 436 g/mol. The zero-order chi connectivity index (χ0) is 21.4. The molecule has 7 nitrogen and oxygen atoms in total. The van der Waals surface area contributed by atoms with E-state index in [1.165, 1.54) is 11.3 Å². The molecule has 1 aromatic carbocycles. The van der Waals surface area contributed by atoms with Gasteiger partial charge in [-0.25, -0.2) is 0 Å². The van der Waals surface area contributed by atoms with Crippen molar-refractivity contribution in [1.82, 2.24) is 0 Å². The number of rotatable bonds is 2. The van der Waals surface area contributed by atoms with Gasteiger partial charge in [0.25, 0.3) is 0 Å². The van der Waals surface area contributed by atoms with Crippen molar-refractivity contribution in [3.8, 4) is 23.0 Å². The highest BCUT2D eigenvalue weighted by Crippen LogP contribution is 2.39. The van der Waals surface area contributed by atoms with E-state index in [2.05, 4.69) is 17.2 Å². The summed E-state index contributed by atoms with van der Waals surface area (Å²) in [5.41, 5.74) is 3.93. The number of hydrogen-bond acceptors (Lipinski definition) is 7. The Morgan fingerprint density at radius 2 is 2.03 bits per heavy atom. The van der Waals surface area contributed by atoms with Crippen LogP contribution in [0.25, 0.3) is 21.4 Å². The van der Waals surface area contributed by atoms with Gasteiger partial charge in [0.2, 0.25) is 5.43 Å². The Bertz CT molecular complexity index is 1280. The predicted molar refractivity (Wildman–Crippen MR) is 123 cm³/mol.